The molecule has 0 unspecified atom stereocenters. The zero-order valence-electron chi connectivity index (χ0n) is 16.1. The number of halogens is 3. The van der Waals surface area contributed by atoms with E-state index in [0.717, 1.165) is 23.0 Å². The van der Waals surface area contributed by atoms with E-state index in [-0.39, 0.29) is 17.3 Å². The molecule has 1 saturated heterocycles. The number of alkyl halides is 3. The number of hydrogen-bond donors (Lipinski definition) is 1. The molecular formula is C19H20F3N3O5. The van der Waals surface area contributed by atoms with Gasteiger partial charge in [0.1, 0.15) is 0 Å². The second kappa shape index (κ2) is 8.42. The summed E-state index contributed by atoms with van der Waals surface area (Å²) in [6, 6.07) is 1.82. The molecule has 0 saturated carbocycles. The minimum atomic E-state index is -4.62. The number of ketones is 1. The predicted molar refractivity (Wildman–Crippen MR) is 98.8 cm³/mol. The standard InChI is InChI=1S/C19H20F3N3O5/c1-30-18(29)25-6-2-3-16(27)15(25)8-12(26)9-24-10-23-14-5-4-11(19(20,21)22)7-13(14)17(24)28/h4-5,7,10,15-16,27H,2-3,6,8-9H2,1H3/t15-,16+/m1/s1. The Labute approximate surface area is 168 Å². The quantitative estimate of drug-likeness (QED) is 0.801. The summed E-state index contributed by atoms with van der Waals surface area (Å²) < 4.78 is 44.4. The number of aliphatic hydroxyl groups is 1. The third-order valence-electron chi connectivity index (χ3n) is 5.09. The summed E-state index contributed by atoms with van der Waals surface area (Å²) in [7, 11) is 1.19. The van der Waals surface area contributed by atoms with Crippen LogP contribution in [0.3, 0.4) is 0 Å². The van der Waals surface area contributed by atoms with E-state index in [9.17, 15) is 32.7 Å². The van der Waals surface area contributed by atoms with Gasteiger partial charge in [-0.3, -0.25) is 14.2 Å². The van der Waals surface area contributed by atoms with Crippen molar-refractivity contribution in [2.75, 3.05) is 13.7 Å². The monoisotopic (exact) mass is 427 g/mol. The van der Waals surface area contributed by atoms with Gasteiger partial charge in [-0.15, -0.1) is 0 Å². The Morgan fingerprint density at radius 2 is 2.07 bits per heavy atom. The van der Waals surface area contributed by atoms with E-state index in [1.807, 2.05) is 0 Å². The Morgan fingerprint density at radius 3 is 2.73 bits per heavy atom. The molecule has 0 bridgehead atoms. The normalized spacial score (nSPS) is 19.7. The van der Waals surface area contributed by atoms with Crippen LogP contribution in [0.4, 0.5) is 18.0 Å². The number of ether oxygens (including phenoxy) is 1. The maximum absolute atomic E-state index is 12.9. The summed E-state index contributed by atoms with van der Waals surface area (Å²) in [4.78, 5) is 42.2. The van der Waals surface area contributed by atoms with Crippen LogP contribution in [0, 0.1) is 0 Å². The van der Waals surface area contributed by atoms with Gasteiger partial charge in [0, 0.05) is 13.0 Å². The molecule has 1 aromatic carbocycles. The van der Waals surface area contributed by atoms with Gasteiger partial charge >= 0.3 is 12.3 Å². The topological polar surface area (TPSA) is 102 Å². The number of carbonyl (C=O) groups excluding carboxylic acids is 2. The van der Waals surface area contributed by atoms with Crippen LogP contribution in [0.15, 0.2) is 29.3 Å². The summed E-state index contributed by atoms with van der Waals surface area (Å²) >= 11 is 0. The summed E-state index contributed by atoms with van der Waals surface area (Å²) in [5, 5.41) is 9.96. The van der Waals surface area contributed by atoms with Crippen molar-refractivity contribution in [3.05, 3.63) is 40.4 Å². The molecule has 30 heavy (non-hydrogen) atoms. The first-order chi connectivity index (χ1) is 14.1. The van der Waals surface area contributed by atoms with Gasteiger partial charge in [0.2, 0.25) is 0 Å². The number of fused-ring (bicyclic) bond motifs is 1. The van der Waals surface area contributed by atoms with E-state index in [4.69, 9.17) is 0 Å². The van der Waals surface area contributed by atoms with Crippen LogP contribution >= 0.6 is 0 Å². The second-order valence-electron chi connectivity index (χ2n) is 7.09. The fourth-order valence-corrected chi connectivity index (χ4v) is 3.56. The molecule has 11 heteroatoms. The molecule has 2 aromatic rings. The van der Waals surface area contributed by atoms with E-state index in [1.165, 1.54) is 12.0 Å². The van der Waals surface area contributed by atoms with Crippen molar-refractivity contribution in [1.29, 1.82) is 0 Å². The number of likely N-dealkylation sites (tertiary alicyclic amines) is 1. The molecule has 2 heterocycles. The van der Waals surface area contributed by atoms with Gasteiger partial charge in [0.25, 0.3) is 5.56 Å². The maximum atomic E-state index is 12.9. The van der Waals surface area contributed by atoms with Gasteiger partial charge in [-0.25, -0.2) is 9.78 Å². The molecule has 1 aliphatic heterocycles. The zero-order valence-corrected chi connectivity index (χ0v) is 16.1. The van der Waals surface area contributed by atoms with Gasteiger partial charge in [0.15, 0.2) is 5.78 Å². The Balaban J connectivity index is 1.83. The van der Waals surface area contributed by atoms with Crippen LogP contribution in [0.1, 0.15) is 24.8 Å². The van der Waals surface area contributed by atoms with Crippen LogP contribution in [0.5, 0.6) is 0 Å². The van der Waals surface area contributed by atoms with E-state index in [1.54, 1.807) is 0 Å². The average molecular weight is 427 g/mol. The molecule has 0 aliphatic carbocycles. The van der Waals surface area contributed by atoms with Crippen LogP contribution in [0.25, 0.3) is 10.9 Å². The van der Waals surface area contributed by atoms with Crippen molar-refractivity contribution in [2.45, 2.75) is 44.1 Å². The summed E-state index contributed by atoms with van der Waals surface area (Å²) in [6.45, 7) is -0.129. The molecule has 1 N–H and O–H groups in total. The fraction of sp³-hybridized carbons (Fsp3) is 0.474. The van der Waals surface area contributed by atoms with Gasteiger partial charge < -0.3 is 14.7 Å². The SMILES string of the molecule is COC(=O)N1CCC[C@H](O)[C@H]1CC(=O)Cn1cnc2ccc(C(F)(F)F)cc2c1=O. The van der Waals surface area contributed by atoms with E-state index in [2.05, 4.69) is 9.72 Å². The highest BCUT2D eigenvalue weighted by atomic mass is 19.4. The number of aliphatic hydroxyl groups excluding tert-OH is 1. The third kappa shape index (κ3) is 4.45. The van der Waals surface area contributed by atoms with Gasteiger partial charge in [0.05, 0.1) is 48.6 Å². The molecule has 8 nitrogen and oxygen atoms in total. The van der Waals surface area contributed by atoms with Crippen LogP contribution in [-0.2, 0) is 22.3 Å². The maximum Gasteiger partial charge on any atom is 0.416 e. The molecule has 1 aromatic heterocycles. The largest absolute Gasteiger partial charge is 0.453 e. The first-order valence-corrected chi connectivity index (χ1v) is 9.22. The molecule has 1 amide bonds. The van der Waals surface area contributed by atoms with Gasteiger partial charge in [-0.2, -0.15) is 13.2 Å². The Hall–Kier alpha value is -2.95. The number of nitrogens with zero attached hydrogens (tertiary/aromatic N) is 3. The number of benzene rings is 1. The summed E-state index contributed by atoms with van der Waals surface area (Å²) in [6.07, 6.45) is -4.40. The van der Waals surface area contributed by atoms with Crippen LogP contribution < -0.4 is 5.56 Å². The lowest BCUT2D eigenvalue weighted by molar-refractivity contribution is -0.137. The minimum absolute atomic E-state index is 0.0799. The first kappa shape index (κ1) is 21.8. The number of amides is 1. The van der Waals surface area contributed by atoms with Crippen molar-refractivity contribution in [1.82, 2.24) is 14.5 Å². The summed E-state index contributed by atoms with van der Waals surface area (Å²) in [5.74, 6) is -0.481. The van der Waals surface area contributed by atoms with E-state index >= 15 is 0 Å². The van der Waals surface area contributed by atoms with E-state index in [0.29, 0.717) is 25.5 Å². The van der Waals surface area contributed by atoms with Crippen molar-refractivity contribution < 1.29 is 32.6 Å². The van der Waals surface area contributed by atoms with Crippen molar-refractivity contribution in [3.8, 4) is 0 Å². The molecule has 162 valence electrons. The highest BCUT2D eigenvalue weighted by molar-refractivity contribution is 5.81. The number of carbonyl (C=O) groups is 2. The molecule has 0 spiro atoms. The fourth-order valence-electron chi connectivity index (χ4n) is 3.56. The van der Waals surface area contributed by atoms with E-state index < -0.39 is 47.9 Å². The van der Waals surface area contributed by atoms with Crippen molar-refractivity contribution in [3.63, 3.8) is 0 Å². The lowest BCUT2D eigenvalue weighted by atomic mass is 9.95. The van der Waals surface area contributed by atoms with Crippen molar-refractivity contribution in [2.24, 2.45) is 0 Å². The third-order valence-corrected chi connectivity index (χ3v) is 5.09. The summed E-state index contributed by atoms with van der Waals surface area (Å²) in [5.41, 5.74) is -1.69. The number of Topliss-reactive ketones (excluding diaryl/α,β-unsaturated/α-hetero) is 1. The van der Waals surface area contributed by atoms with Gasteiger partial charge in [-0.1, -0.05) is 0 Å². The number of hydrogen-bond acceptors (Lipinski definition) is 6. The highest BCUT2D eigenvalue weighted by Crippen LogP contribution is 2.30. The number of rotatable bonds is 4. The molecule has 3 rings (SSSR count). The van der Waals surface area contributed by atoms with Crippen molar-refractivity contribution >= 4 is 22.8 Å². The minimum Gasteiger partial charge on any atom is -0.453 e. The Morgan fingerprint density at radius 1 is 1.33 bits per heavy atom. The van der Waals surface area contributed by atoms with Gasteiger partial charge in [-0.05, 0) is 31.0 Å². The lowest BCUT2D eigenvalue weighted by Gasteiger charge is -2.37. The molecule has 1 fully saturated rings. The highest BCUT2D eigenvalue weighted by Gasteiger charge is 2.35. The predicted octanol–water partition coefficient (Wildman–Crippen LogP) is 1.97. The second-order valence-corrected chi connectivity index (χ2v) is 7.09. The Bertz CT molecular complexity index is 1020. The van der Waals surface area contributed by atoms with Crippen LogP contribution in [-0.4, -0.2) is 57.2 Å². The number of piperidine rings is 1. The molecule has 2 atom stereocenters. The Kier molecular flexibility index (Phi) is 6.11. The zero-order chi connectivity index (χ0) is 22.1. The van der Waals surface area contributed by atoms with Crippen LogP contribution in [0.2, 0.25) is 0 Å². The number of aromatic nitrogens is 2. The first-order valence-electron chi connectivity index (χ1n) is 9.22. The molecule has 0 radical (unpaired) electrons. The number of methoxy groups -OCH3 is 1. The molecular weight excluding hydrogens is 407 g/mol. The lowest BCUT2D eigenvalue weighted by Crippen LogP contribution is -2.52. The average Bonchev–Trinajstić information content (AvgIpc) is 2.70. The smallest absolute Gasteiger partial charge is 0.416 e. The molecule has 1 aliphatic rings.